The molecule has 38 heavy (non-hydrogen) atoms. The summed E-state index contributed by atoms with van der Waals surface area (Å²) in [6, 6.07) is 24.2. The van der Waals surface area contributed by atoms with E-state index in [0.29, 0.717) is 22.9 Å². The summed E-state index contributed by atoms with van der Waals surface area (Å²) in [5.41, 5.74) is 3.75. The number of imidazole rings is 1. The summed E-state index contributed by atoms with van der Waals surface area (Å²) in [5.74, 6) is -0.252. The van der Waals surface area contributed by atoms with Crippen LogP contribution >= 0.6 is 23.2 Å². The fraction of sp³-hybridized carbons (Fsp3) is 0.241. The maximum Gasteiger partial charge on any atom is 0.255 e. The molecule has 0 aliphatic carbocycles. The van der Waals surface area contributed by atoms with Gasteiger partial charge < -0.3 is 24.5 Å². The third-order valence-electron chi connectivity index (χ3n) is 6.69. The van der Waals surface area contributed by atoms with E-state index in [1.807, 2.05) is 66.7 Å². The Hall–Kier alpha value is -3.20. The maximum atomic E-state index is 12.7. The molecule has 3 aromatic carbocycles. The molecule has 1 aliphatic rings. The van der Waals surface area contributed by atoms with Crippen LogP contribution < -0.4 is 5.32 Å². The Balaban J connectivity index is 1.42. The molecular formula is C29H27Cl2N3O4. The Morgan fingerprint density at radius 3 is 2.45 bits per heavy atom. The quantitative estimate of drug-likeness (QED) is 0.276. The van der Waals surface area contributed by atoms with Gasteiger partial charge in [0.25, 0.3) is 5.91 Å². The van der Waals surface area contributed by atoms with Gasteiger partial charge in [0.2, 0.25) is 0 Å². The molecule has 7 nitrogen and oxygen atoms in total. The molecule has 0 radical (unpaired) electrons. The van der Waals surface area contributed by atoms with Gasteiger partial charge in [0, 0.05) is 22.7 Å². The summed E-state index contributed by atoms with van der Waals surface area (Å²) in [4.78, 5) is 16.8. The Labute approximate surface area is 230 Å². The van der Waals surface area contributed by atoms with E-state index in [2.05, 4.69) is 17.2 Å². The number of nitrogens with zero attached hydrogens (tertiary/aromatic N) is 2. The molecule has 0 spiro atoms. The smallest absolute Gasteiger partial charge is 0.255 e. The minimum atomic E-state index is -0.704. The molecule has 196 valence electrons. The van der Waals surface area contributed by atoms with E-state index in [0.717, 1.165) is 16.7 Å². The summed E-state index contributed by atoms with van der Waals surface area (Å²) in [6.07, 6.45) is 0.300. The lowest BCUT2D eigenvalue weighted by molar-refractivity contribution is -0.276. The zero-order chi connectivity index (χ0) is 26.6. The van der Waals surface area contributed by atoms with Crippen LogP contribution in [0.5, 0.6) is 0 Å². The van der Waals surface area contributed by atoms with Crippen molar-refractivity contribution < 1.29 is 19.4 Å². The number of carbonyl (C=O) groups is 1. The van der Waals surface area contributed by atoms with Crippen molar-refractivity contribution >= 4 is 34.8 Å². The van der Waals surface area contributed by atoms with Gasteiger partial charge in [0.15, 0.2) is 11.4 Å². The highest BCUT2D eigenvalue weighted by Crippen LogP contribution is 2.42. The molecule has 0 bridgehead atoms. The van der Waals surface area contributed by atoms with Gasteiger partial charge in [0.1, 0.15) is 5.15 Å². The minimum Gasteiger partial charge on any atom is -0.392 e. The number of hydrogen-bond acceptors (Lipinski definition) is 5. The maximum absolute atomic E-state index is 12.7. The minimum absolute atomic E-state index is 0.0307. The van der Waals surface area contributed by atoms with Crippen LogP contribution in [0.4, 0.5) is 5.69 Å². The first-order chi connectivity index (χ1) is 18.4. The molecule has 0 unspecified atom stereocenters. The Bertz CT molecular complexity index is 1390. The molecule has 1 amide bonds. The molecule has 0 saturated carbocycles. The second-order valence-corrected chi connectivity index (χ2v) is 9.96. The number of aromatic nitrogens is 2. The zero-order valence-corrected chi connectivity index (χ0v) is 22.1. The highest BCUT2D eigenvalue weighted by molar-refractivity contribution is 6.40. The SMILES string of the molecule is C[C@H]1[C@@H](Cn2cnc(Cl)c2Cl)O[C@@H](c2cccc(NC(=O)c3ccccc3)c2)O[C@H]1c1ccc(CO)cc1. The van der Waals surface area contributed by atoms with Crippen LogP contribution in [-0.2, 0) is 22.6 Å². The van der Waals surface area contributed by atoms with Gasteiger partial charge in [-0.25, -0.2) is 4.98 Å². The lowest BCUT2D eigenvalue weighted by Gasteiger charge is -2.41. The predicted octanol–water partition coefficient (Wildman–Crippen LogP) is 6.43. The number of halogens is 2. The van der Waals surface area contributed by atoms with E-state index in [1.54, 1.807) is 23.0 Å². The van der Waals surface area contributed by atoms with Crippen molar-refractivity contribution in [2.24, 2.45) is 5.92 Å². The van der Waals surface area contributed by atoms with Gasteiger partial charge in [-0.2, -0.15) is 0 Å². The first-order valence-electron chi connectivity index (χ1n) is 12.3. The number of anilines is 1. The number of ether oxygens (including phenoxy) is 2. The molecule has 9 heteroatoms. The summed E-state index contributed by atoms with van der Waals surface area (Å²) < 4.78 is 14.7. The van der Waals surface area contributed by atoms with Gasteiger partial charge >= 0.3 is 0 Å². The van der Waals surface area contributed by atoms with Crippen molar-refractivity contribution in [3.63, 3.8) is 0 Å². The molecule has 1 aromatic heterocycles. The lowest BCUT2D eigenvalue weighted by Crippen LogP contribution is -2.39. The molecule has 4 atom stereocenters. The van der Waals surface area contributed by atoms with Crippen molar-refractivity contribution in [2.45, 2.75) is 38.6 Å². The van der Waals surface area contributed by atoms with Crippen molar-refractivity contribution in [3.8, 4) is 0 Å². The fourth-order valence-electron chi connectivity index (χ4n) is 4.55. The van der Waals surface area contributed by atoms with Gasteiger partial charge in [-0.1, -0.05) is 84.7 Å². The largest absolute Gasteiger partial charge is 0.392 e. The third kappa shape index (κ3) is 5.77. The number of aliphatic hydroxyl groups excluding tert-OH is 1. The Morgan fingerprint density at radius 2 is 1.76 bits per heavy atom. The number of rotatable bonds is 7. The standard InChI is InChI=1S/C29H27Cl2N3O4/c1-18-24(15-34-17-32-26(30)27(34)31)37-29(38-25(18)20-12-10-19(16-35)11-13-20)22-8-5-9-23(14-22)33-28(36)21-6-3-2-4-7-21/h2-14,17-18,24-25,29,35H,15-16H2,1H3,(H,33,36)/t18-,24+,25+,29+/m0/s1. The lowest BCUT2D eigenvalue weighted by atomic mass is 9.90. The number of nitrogens with one attached hydrogen (secondary N) is 1. The Morgan fingerprint density at radius 1 is 1.00 bits per heavy atom. The zero-order valence-electron chi connectivity index (χ0n) is 20.6. The summed E-state index contributed by atoms with van der Waals surface area (Å²) in [7, 11) is 0. The van der Waals surface area contributed by atoms with Crippen LogP contribution in [0.1, 0.15) is 46.4 Å². The average molecular weight is 552 g/mol. The first kappa shape index (κ1) is 26.4. The summed E-state index contributed by atoms with van der Waals surface area (Å²) in [5, 5.41) is 13.0. The first-order valence-corrected chi connectivity index (χ1v) is 13.0. The molecule has 1 aliphatic heterocycles. The van der Waals surface area contributed by atoms with Crippen LogP contribution in [0.15, 0.2) is 85.2 Å². The topological polar surface area (TPSA) is 85.6 Å². The van der Waals surface area contributed by atoms with Crippen molar-refractivity contribution in [2.75, 3.05) is 5.32 Å². The van der Waals surface area contributed by atoms with E-state index in [4.69, 9.17) is 32.7 Å². The normalized spacial score (nSPS) is 21.3. The second-order valence-electron chi connectivity index (χ2n) is 9.25. The average Bonchev–Trinajstić information content (AvgIpc) is 3.27. The number of carbonyl (C=O) groups excluding carboxylic acids is 1. The molecular weight excluding hydrogens is 525 g/mol. The third-order valence-corrected chi connectivity index (χ3v) is 7.45. The predicted molar refractivity (Wildman–Crippen MR) is 146 cm³/mol. The molecule has 1 fully saturated rings. The molecule has 4 aromatic rings. The molecule has 1 saturated heterocycles. The number of amides is 1. The molecule has 5 rings (SSSR count). The van der Waals surface area contributed by atoms with Crippen LogP contribution in [-0.4, -0.2) is 26.7 Å². The van der Waals surface area contributed by atoms with Crippen LogP contribution in [0, 0.1) is 5.92 Å². The number of benzene rings is 3. The second kappa shape index (κ2) is 11.7. The fourth-order valence-corrected chi connectivity index (χ4v) is 4.86. The Kier molecular flexibility index (Phi) is 8.12. The van der Waals surface area contributed by atoms with E-state index < -0.39 is 6.29 Å². The van der Waals surface area contributed by atoms with Crippen LogP contribution in [0.3, 0.4) is 0 Å². The van der Waals surface area contributed by atoms with Crippen LogP contribution in [0.25, 0.3) is 0 Å². The number of hydrogen-bond donors (Lipinski definition) is 2. The van der Waals surface area contributed by atoms with Gasteiger partial charge in [-0.15, -0.1) is 0 Å². The summed E-state index contributed by atoms with van der Waals surface area (Å²) >= 11 is 12.4. The van der Waals surface area contributed by atoms with E-state index in [-0.39, 0.29) is 35.8 Å². The number of aliphatic hydroxyl groups is 1. The monoisotopic (exact) mass is 551 g/mol. The van der Waals surface area contributed by atoms with Gasteiger partial charge in [-0.3, -0.25) is 4.79 Å². The van der Waals surface area contributed by atoms with E-state index >= 15 is 0 Å². The van der Waals surface area contributed by atoms with Crippen molar-refractivity contribution in [1.82, 2.24) is 9.55 Å². The van der Waals surface area contributed by atoms with Crippen molar-refractivity contribution in [3.05, 3.63) is 118 Å². The van der Waals surface area contributed by atoms with E-state index in [1.165, 1.54) is 0 Å². The van der Waals surface area contributed by atoms with Gasteiger partial charge in [-0.05, 0) is 35.4 Å². The summed E-state index contributed by atoms with van der Waals surface area (Å²) in [6.45, 7) is 2.46. The molecule has 2 heterocycles. The van der Waals surface area contributed by atoms with E-state index in [9.17, 15) is 9.90 Å². The molecule has 2 N–H and O–H groups in total. The van der Waals surface area contributed by atoms with Crippen molar-refractivity contribution in [1.29, 1.82) is 0 Å². The highest BCUT2D eigenvalue weighted by atomic mass is 35.5. The van der Waals surface area contributed by atoms with Crippen LogP contribution in [0.2, 0.25) is 10.3 Å². The van der Waals surface area contributed by atoms with Gasteiger partial charge in [0.05, 0.1) is 31.7 Å². The highest BCUT2D eigenvalue weighted by Gasteiger charge is 2.39.